The van der Waals surface area contributed by atoms with Gasteiger partial charge in [0.2, 0.25) is 0 Å². The van der Waals surface area contributed by atoms with Crippen LogP contribution in [0.2, 0.25) is 0 Å². The minimum Gasteiger partial charge on any atom is -0.288 e. The summed E-state index contributed by atoms with van der Waals surface area (Å²) in [5.74, 6) is -0.324. The number of hydrogen-bond donors (Lipinski definition) is 0. The first-order chi connectivity index (χ1) is 9.00. The van der Waals surface area contributed by atoms with Crippen LogP contribution in [0.1, 0.15) is 27.0 Å². The monoisotopic (exact) mass is 255 g/mol. The summed E-state index contributed by atoms with van der Waals surface area (Å²) in [6.07, 6.45) is 0. The first-order valence-electron chi connectivity index (χ1n) is 5.86. The van der Waals surface area contributed by atoms with Crippen LogP contribution in [0.3, 0.4) is 0 Å². The zero-order valence-electron chi connectivity index (χ0n) is 10.7. The quantitative estimate of drug-likeness (QED) is 0.479. The Bertz CT molecular complexity index is 662. The van der Waals surface area contributed by atoms with Crippen molar-refractivity contribution in [1.29, 1.82) is 0 Å². The highest BCUT2D eigenvalue weighted by Crippen LogP contribution is 2.22. The molecule has 4 heteroatoms. The van der Waals surface area contributed by atoms with Gasteiger partial charge in [0.05, 0.1) is 4.92 Å². The molecule has 2 rings (SSSR count). The van der Waals surface area contributed by atoms with Crippen molar-refractivity contribution in [2.75, 3.05) is 0 Å². The van der Waals surface area contributed by atoms with Gasteiger partial charge in [-0.2, -0.15) is 0 Å². The van der Waals surface area contributed by atoms with E-state index in [1.807, 2.05) is 19.9 Å². The lowest BCUT2D eigenvalue weighted by molar-refractivity contribution is -0.385. The number of carbonyl (C=O) groups is 1. The second kappa shape index (κ2) is 5.02. The molecule has 96 valence electrons. The van der Waals surface area contributed by atoms with E-state index in [9.17, 15) is 14.9 Å². The Kier molecular flexibility index (Phi) is 3.42. The van der Waals surface area contributed by atoms with Crippen molar-refractivity contribution in [2.24, 2.45) is 0 Å². The molecule has 0 aliphatic heterocycles. The zero-order valence-corrected chi connectivity index (χ0v) is 10.7. The summed E-state index contributed by atoms with van der Waals surface area (Å²) < 4.78 is 0. The Hall–Kier alpha value is -2.49. The van der Waals surface area contributed by atoms with Gasteiger partial charge in [0.25, 0.3) is 5.69 Å². The average molecular weight is 255 g/mol. The highest BCUT2D eigenvalue weighted by Gasteiger charge is 2.20. The van der Waals surface area contributed by atoms with Gasteiger partial charge < -0.3 is 0 Å². The van der Waals surface area contributed by atoms with Crippen LogP contribution in [-0.2, 0) is 0 Å². The van der Waals surface area contributed by atoms with Crippen LogP contribution < -0.4 is 0 Å². The van der Waals surface area contributed by atoms with Crippen LogP contribution in [-0.4, -0.2) is 10.7 Å². The Labute approximate surface area is 110 Å². The van der Waals surface area contributed by atoms with Crippen molar-refractivity contribution in [3.8, 4) is 0 Å². The Morgan fingerprint density at radius 1 is 1.05 bits per heavy atom. The van der Waals surface area contributed by atoms with Gasteiger partial charge in [-0.05, 0) is 37.1 Å². The maximum Gasteiger partial charge on any atom is 0.280 e. The first-order valence-corrected chi connectivity index (χ1v) is 5.86. The number of benzene rings is 2. The molecule has 0 N–H and O–H groups in total. The molecule has 0 saturated carbocycles. The predicted octanol–water partition coefficient (Wildman–Crippen LogP) is 3.44. The van der Waals surface area contributed by atoms with Crippen LogP contribution in [0.15, 0.2) is 42.5 Å². The van der Waals surface area contributed by atoms with Gasteiger partial charge in [0.15, 0.2) is 5.78 Å². The highest BCUT2D eigenvalue weighted by molar-refractivity contribution is 6.11. The fraction of sp³-hybridized carbons (Fsp3) is 0.133. The number of nitrogens with zero attached hydrogens (tertiary/aromatic N) is 1. The maximum atomic E-state index is 12.3. The molecule has 0 radical (unpaired) electrons. The van der Waals surface area contributed by atoms with Crippen molar-refractivity contribution in [2.45, 2.75) is 13.8 Å². The van der Waals surface area contributed by atoms with Gasteiger partial charge in [-0.15, -0.1) is 0 Å². The number of carbonyl (C=O) groups excluding carboxylic acids is 1. The van der Waals surface area contributed by atoms with E-state index in [-0.39, 0.29) is 17.0 Å². The van der Waals surface area contributed by atoms with Crippen LogP contribution in [0.25, 0.3) is 0 Å². The van der Waals surface area contributed by atoms with Crippen molar-refractivity contribution < 1.29 is 9.72 Å². The number of para-hydroxylation sites is 1. The number of hydrogen-bond acceptors (Lipinski definition) is 3. The summed E-state index contributed by atoms with van der Waals surface area (Å²) in [6, 6.07) is 11.3. The lowest BCUT2D eigenvalue weighted by Gasteiger charge is -2.05. The summed E-state index contributed by atoms with van der Waals surface area (Å²) in [5, 5.41) is 10.9. The van der Waals surface area contributed by atoms with Gasteiger partial charge >= 0.3 is 0 Å². The van der Waals surface area contributed by atoms with E-state index in [1.54, 1.807) is 24.3 Å². The van der Waals surface area contributed by atoms with Gasteiger partial charge in [0.1, 0.15) is 5.56 Å². The van der Waals surface area contributed by atoms with Gasteiger partial charge in [-0.1, -0.05) is 24.3 Å². The van der Waals surface area contributed by atoms with E-state index < -0.39 is 4.92 Å². The van der Waals surface area contributed by atoms with Crippen molar-refractivity contribution in [1.82, 2.24) is 0 Å². The molecule has 0 fully saturated rings. The molecule has 0 bridgehead atoms. The lowest BCUT2D eigenvalue weighted by Crippen LogP contribution is -2.05. The molecule has 19 heavy (non-hydrogen) atoms. The molecule has 0 aromatic heterocycles. The molecule has 0 spiro atoms. The van der Waals surface area contributed by atoms with Crippen molar-refractivity contribution in [3.05, 3.63) is 74.8 Å². The first kappa shape index (κ1) is 13.0. The van der Waals surface area contributed by atoms with Crippen LogP contribution >= 0.6 is 0 Å². The fourth-order valence-corrected chi connectivity index (χ4v) is 1.86. The van der Waals surface area contributed by atoms with Crippen LogP contribution in [0.4, 0.5) is 5.69 Å². The summed E-state index contributed by atoms with van der Waals surface area (Å²) in [7, 11) is 0. The van der Waals surface area contributed by atoms with Gasteiger partial charge in [-0.25, -0.2) is 0 Å². The largest absolute Gasteiger partial charge is 0.288 e. The number of rotatable bonds is 3. The van der Waals surface area contributed by atoms with E-state index >= 15 is 0 Å². The zero-order chi connectivity index (χ0) is 14.0. The third-order valence-electron chi connectivity index (χ3n) is 3.11. The highest BCUT2D eigenvalue weighted by atomic mass is 16.6. The van der Waals surface area contributed by atoms with Gasteiger partial charge in [0, 0.05) is 11.6 Å². The summed E-state index contributed by atoms with van der Waals surface area (Å²) in [5.41, 5.74) is 2.50. The molecule has 2 aromatic rings. The number of nitro benzene ring substituents is 1. The molecule has 2 aromatic carbocycles. The van der Waals surface area contributed by atoms with E-state index in [2.05, 4.69) is 0 Å². The standard InChI is InChI=1S/C15H13NO3/c1-10-7-8-12(9-11(10)2)15(17)13-5-3-4-6-14(13)16(18)19/h3-9H,1-2H3. The smallest absolute Gasteiger partial charge is 0.280 e. The predicted molar refractivity (Wildman–Crippen MR) is 72.4 cm³/mol. The minimum absolute atomic E-state index is 0.121. The molecule has 0 aliphatic carbocycles. The van der Waals surface area contributed by atoms with Crippen molar-refractivity contribution in [3.63, 3.8) is 0 Å². The molecule has 0 saturated heterocycles. The molecule has 0 unspecified atom stereocenters. The van der Waals surface area contributed by atoms with E-state index in [0.29, 0.717) is 5.56 Å². The molecule has 0 heterocycles. The van der Waals surface area contributed by atoms with Crippen LogP contribution in [0, 0.1) is 24.0 Å². The van der Waals surface area contributed by atoms with E-state index in [0.717, 1.165) is 11.1 Å². The number of aryl methyl sites for hydroxylation is 2. The Morgan fingerprint density at radius 3 is 2.37 bits per heavy atom. The molecule has 0 aliphatic rings. The van der Waals surface area contributed by atoms with E-state index in [1.165, 1.54) is 12.1 Å². The molecular formula is C15H13NO3. The Morgan fingerprint density at radius 2 is 1.74 bits per heavy atom. The Balaban J connectivity index is 2.50. The molecule has 4 nitrogen and oxygen atoms in total. The van der Waals surface area contributed by atoms with E-state index in [4.69, 9.17) is 0 Å². The number of nitro groups is 1. The summed E-state index contributed by atoms with van der Waals surface area (Å²) >= 11 is 0. The second-order valence-electron chi connectivity index (χ2n) is 4.40. The van der Waals surface area contributed by atoms with Gasteiger partial charge in [-0.3, -0.25) is 14.9 Å². The third-order valence-corrected chi connectivity index (χ3v) is 3.11. The normalized spacial score (nSPS) is 10.2. The molecule has 0 amide bonds. The second-order valence-corrected chi connectivity index (χ2v) is 4.40. The SMILES string of the molecule is Cc1ccc(C(=O)c2ccccc2[N+](=O)[O-])cc1C. The molecule has 0 atom stereocenters. The lowest BCUT2D eigenvalue weighted by atomic mass is 9.98. The topological polar surface area (TPSA) is 60.2 Å². The van der Waals surface area contributed by atoms with Crippen molar-refractivity contribution >= 4 is 11.5 Å². The minimum atomic E-state index is -0.533. The maximum absolute atomic E-state index is 12.3. The molecular weight excluding hydrogens is 242 g/mol. The summed E-state index contributed by atoms with van der Waals surface area (Å²) in [6.45, 7) is 3.86. The van der Waals surface area contributed by atoms with Crippen LogP contribution in [0.5, 0.6) is 0 Å². The fourth-order valence-electron chi connectivity index (χ4n) is 1.86. The summed E-state index contributed by atoms with van der Waals surface area (Å²) in [4.78, 5) is 22.7. The average Bonchev–Trinajstić information content (AvgIpc) is 2.41. The number of ketones is 1. The third kappa shape index (κ3) is 2.52.